The first-order chi connectivity index (χ1) is 12.1. The number of nitrogens with one attached hydrogen (secondary N) is 1. The first-order valence-corrected chi connectivity index (χ1v) is 7.52. The summed E-state index contributed by atoms with van der Waals surface area (Å²) in [6.07, 6.45) is 1.58. The van der Waals surface area contributed by atoms with Crippen LogP contribution in [0.3, 0.4) is 0 Å². The molecule has 0 saturated carbocycles. The summed E-state index contributed by atoms with van der Waals surface area (Å²) in [6.45, 7) is 3.99. The van der Waals surface area contributed by atoms with Gasteiger partial charge < -0.3 is 29.7 Å². The predicted octanol–water partition coefficient (Wildman–Crippen LogP) is 2.60. The molecule has 2 rings (SSSR count). The molecule has 0 bridgehead atoms. The highest BCUT2D eigenvalue weighted by Gasteiger charge is 2.26. The van der Waals surface area contributed by atoms with Gasteiger partial charge >= 0.3 is 5.97 Å². The van der Waals surface area contributed by atoms with Crippen LogP contribution in [0.2, 0.25) is 0 Å². The number of ether oxygens (including phenoxy) is 4. The Kier molecular flexibility index (Phi) is 5.71. The number of hydrogen-bond donors (Lipinski definition) is 2. The van der Waals surface area contributed by atoms with Gasteiger partial charge in [-0.05, 0) is 12.1 Å². The zero-order valence-corrected chi connectivity index (χ0v) is 14.8. The number of carbonyl (C=O) groups excluding carboxylic acids is 1. The maximum atomic E-state index is 12.1. The lowest BCUT2D eigenvalue weighted by molar-refractivity contribution is 0.0594. The first-order valence-electron chi connectivity index (χ1n) is 7.52. The summed E-state index contributed by atoms with van der Waals surface area (Å²) in [7, 11) is 5.92. The molecule has 2 aromatic rings. The van der Waals surface area contributed by atoms with Gasteiger partial charge in [-0.1, -0.05) is 12.7 Å². The van der Waals surface area contributed by atoms with Crippen molar-refractivity contribution in [2.24, 2.45) is 5.73 Å². The van der Waals surface area contributed by atoms with E-state index in [1.807, 2.05) is 6.07 Å². The number of methoxy groups -OCH3 is 4. The lowest BCUT2D eigenvalue weighted by Gasteiger charge is -2.16. The smallest absolute Gasteiger partial charge is 0.355 e. The van der Waals surface area contributed by atoms with Gasteiger partial charge in [0.2, 0.25) is 5.75 Å². The number of aromatic nitrogens is 1. The predicted molar refractivity (Wildman–Crippen MR) is 95.2 cm³/mol. The van der Waals surface area contributed by atoms with Gasteiger partial charge in [0, 0.05) is 28.9 Å². The summed E-state index contributed by atoms with van der Waals surface area (Å²) in [5.74, 6) is 0.938. The van der Waals surface area contributed by atoms with Crippen LogP contribution in [0.15, 0.2) is 18.7 Å². The lowest BCUT2D eigenvalue weighted by Crippen LogP contribution is -2.04. The van der Waals surface area contributed by atoms with Crippen molar-refractivity contribution >= 4 is 12.0 Å². The topological polar surface area (TPSA) is 95.8 Å². The van der Waals surface area contributed by atoms with Crippen molar-refractivity contribution in [1.29, 1.82) is 0 Å². The maximum Gasteiger partial charge on any atom is 0.355 e. The van der Waals surface area contributed by atoms with E-state index in [0.717, 1.165) is 0 Å². The zero-order chi connectivity index (χ0) is 18.6. The molecule has 0 aliphatic carbocycles. The fourth-order valence-electron chi connectivity index (χ4n) is 2.79. The average molecular weight is 346 g/mol. The van der Waals surface area contributed by atoms with E-state index in [1.54, 1.807) is 19.3 Å². The van der Waals surface area contributed by atoms with Crippen LogP contribution in [0.4, 0.5) is 0 Å². The molecule has 0 fully saturated rings. The number of H-pyrrole nitrogens is 1. The molecular weight excluding hydrogens is 324 g/mol. The van der Waals surface area contributed by atoms with Gasteiger partial charge in [0.1, 0.15) is 5.69 Å². The Morgan fingerprint density at radius 2 is 1.84 bits per heavy atom. The van der Waals surface area contributed by atoms with Crippen molar-refractivity contribution in [3.05, 3.63) is 35.7 Å². The van der Waals surface area contributed by atoms with Gasteiger partial charge in [-0.2, -0.15) is 0 Å². The van der Waals surface area contributed by atoms with E-state index < -0.39 is 5.97 Å². The molecule has 0 amide bonds. The summed E-state index contributed by atoms with van der Waals surface area (Å²) < 4.78 is 21.1. The summed E-state index contributed by atoms with van der Waals surface area (Å²) in [5.41, 5.74) is 8.79. The third-order valence-corrected chi connectivity index (χ3v) is 3.89. The average Bonchev–Trinajstić information content (AvgIpc) is 3.04. The van der Waals surface area contributed by atoms with Crippen LogP contribution >= 0.6 is 0 Å². The minimum Gasteiger partial charge on any atom is -0.493 e. The van der Waals surface area contributed by atoms with Gasteiger partial charge in [-0.15, -0.1) is 0 Å². The fourth-order valence-corrected chi connectivity index (χ4v) is 2.79. The number of esters is 1. The summed E-state index contributed by atoms with van der Waals surface area (Å²) >= 11 is 0. The Bertz CT molecular complexity index is 795. The zero-order valence-electron chi connectivity index (χ0n) is 14.8. The van der Waals surface area contributed by atoms with Gasteiger partial charge in [0.15, 0.2) is 11.5 Å². The Morgan fingerprint density at radius 1 is 1.16 bits per heavy atom. The normalized spacial score (nSPS) is 10.3. The third kappa shape index (κ3) is 3.06. The molecule has 1 aromatic heterocycles. The highest BCUT2D eigenvalue weighted by atomic mass is 16.5. The highest BCUT2D eigenvalue weighted by molar-refractivity contribution is 5.97. The maximum absolute atomic E-state index is 12.1. The quantitative estimate of drug-likeness (QED) is 0.748. The molecule has 0 aliphatic heterocycles. The molecule has 0 saturated heterocycles. The number of hydrogen-bond acceptors (Lipinski definition) is 6. The minimum atomic E-state index is -0.504. The van der Waals surface area contributed by atoms with E-state index >= 15 is 0 Å². The first kappa shape index (κ1) is 18.4. The van der Waals surface area contributed by atoms with Gasteiger partial charge in [0.25, 0.3) is 0 Å². The summed E-state index contributed by atoms with van der Waals surface area (Å²) in [5, 5.41) is 0. The van der Waals surface area contributed by atoms with Crippen LogP contribution in [0, 0.1) is 0 Å². The number of rotatable bonds is 7. The molecule has 0 spiro atoms. The van der Waals surface area contributed by atoms with E-state index in [-0.39, 0.29) is 12.2 Å². The highest BCUT2D eigenvalue weighted by Crippen LogP contribution is 2.46. The van der Waals surface area contributed by atoms with Crippen molar-refractivity contribution in [3.63, 3.8) is 0 Å². The fraction of sp³-hybridized carbons (Fsp3) is 0.278. The van der Waals surface area contributed by atoms with Gasteiger partial charge in [0.05, 0.1) is 28.4 Å². The summed E-state index contributed by atoms with van der Waals surface area (Å²) in [4.78, 5) is 15.1. The minimum absolute atomic E-state index is 0.185. The van der Waals surface area contributed by atoms with E-state index in [1.165, 1.54) is 21.3 Å². The number of benzene rings is 1. The van der Waals surface area contributed by atoms with Crippen molar-refractivity contribution in [1.82, 2.24) is 4.98 Å². The Labute approximate surface area is 146 Å². The SMILES string of the molecule is C=Cc1c(C(=O)OC)[nH]c(CN)c1-c1ccc(OC)c(OC)c1OC. The number of carbonyl (C=O) groups is 1. The second-order valence-corrected chi connectivity index (χ2v) is 5.05. The van der Waals surface area contributed by atoms with E-state index in [0.29, 0.717) is 39.6 Å². The molecule has 1 heterocycles. The molecule has 3 N–H and O–H groups in total. The van der Waals surface area contributed by atoms with Crippen molar-refractivity contribution in [3.8, 4) is 28.4 Å². The largest absolute Gasteiger partial charge is 0.493 e. The van der Waals surface area contributed by atoms with Crippen molar-refractivity contribution in [2.45, 2.75) is 6.54 Å². The number of nitrogens with two attached hydrogens (primary N) is 1. The van der Waals surface area contributed by atoms with Gasteiger partial charge in [-0.3, -0.25) is 0 Å². The van der Waals surface area contributed by atoms with Crippen LogP contribution in [0.1, 0.15) is 21.7 Å². The van der Waals surface area contributed by atoms with E-state index in [4.69, 9.17) is 24.7 Å². The van der Waals surface area contributed by atoms with Crippen molar-refractivity contribution < 1.29 is 23.7 Å². The van der Waals surface area contributed by atoms with Crippen LogP contribution in [-0.4, -0.2) is 39.4 Å². The van der Waals surface area contributed by atoms with Crippen LogP contribution in [0.25, 0.3) is 17.2 Å². The number of aromatic amines is 1. The molecule has 0 unspecified atom stereocenters. The Hall–Kier alpha value is -2.93. The van der Waals surface area contributed by atoms with Crippen LogP contribution in [-0.2, 0) is 11.3 Å². The molecule has 134 valence electrons. The van der Waals surface area contributed by atoms with Crippen molar-refractivity contribution in [2.75, 3.05) is 28.4 Å². The third-order valence-electron chi connectivity index (χ3n) is 3.89. The molecule has 0 radical (unpaired) electrons. The van der Waals surface area contributed by atoms with Gasteiger partial charge in [-0.25, -0.2) is 4.79 Å². The second-order valence-electron chi connectivity index (χ2n) is 5.05. The van der Waals surface area contributed by atoms with Crippen LogP contribution < -0.4 is 19.9 Å². The molecule has 7 heteroatoms. The second kappa shape index (κ2) is 7.76. The Morgan fingerprint density at radius 3 is 2.32 bits per heavy atom. The van der Waals surface area contributed by atoms with Crippen LogP contribution in [0.5, 0.6) is 17.2 Å². The lowest BCUT2D eigenvalue weighted by atomic mass is 9.98. The Balaban J connectivity index is 2.84. The standard InChI is InChI=1S/C18H22N2O5/c1-6-10-14(12(9-19)20-15(10)18(21)25-5)11-7-8-13(22-2)17(24-4)16(11)23-3/h6-8,20H,1,9,19H2,2-5H3. The monoisotopic (exact) mass is 346 g/mol. The molecule has 0 atom stereocenters. The molecule has 0 aliphatic rings. The summed E-state index contributed by atoms with van der Waals surface area (Å²) in [6, 6.07) is 3.57. The molecular formula is C18H22N2O5. The van der Waals surface area contributed by atoms with E-state index in [9.17, 15) is 4.79 Å². The van der Waals surface area contributed by atoms with E-state index in [2.05, 4.69) is 11.6 Å². The molecule has 1 aromatic carbocycles. The molecule has 7 nitrogen and oxygen atoms in total. The molecule has 25 heavy (non-hydrogen) atoms.